The van der Waals surface area contributed by atoms with Crippen molar-refractivity contribution in [2.75, 3.05) is 16.8 Å². The standard InChI is InChI=1S/C11H10BrN3OS2/c12-8-5-7(13)1-2-9(8)15-10(16)6-18-11-14-3-4-17-11/h1-5H,6,13H2,(H,15,16). The maximum atomic E-state index is 11.7. The number of rotatable bonds is 4. The SMILES string of the molecule is Nc1ccc(NC(=O)CSc2nccs2)c(Br)c1. The van der Waals surface area contributed by atoms with Gasteiger partial charge in [-0.3, -0.25) is 4.79 Å². The topological polar surface area (TPSA) is 68.0 Å². The van der Waals surface area contributed by atoms with E-state index in [2.05, 4.69) is 26.2 Å². The molecule has 0 radical (unpaired) electrons. The zero-order valence-corrected chi connectivity index (χ0v) is 12.4. The van der Waals surface area contributed by atoms with E-state index < -0.39 is 0 Å². The number of amides is 1. The molecule has 1 amide bonds. The number of thioether (sulfide) groups is 1. The Hall–Kier alpha value is -1.05. The second-order valence-corrected chi connectivity index (χ2v) is 6.35. The number of benzene rings is 1. The molecular weight excluding hydrogens is 334 g/mol. The van der Waals surface area contributed by atoms with E-state index in [0.29, 0.717) is 17.1 Å². The number of nitrogens with one attached hydrogen (secondary N) is 1. The van der Waals surface area contributed by atoms with Crippen molar-refractivity contribution in [2.24, 2.45) is 0 Å². The van der Waals surface area contributed by atoms with Crippen LogP contribution in [0.1, 0.15) is 0 Å². The lowest BCUT2D eigenvalue weighted by molar-refractivity contribution is -0.113. The molecule has 4 nitrogen and oxygen atoms in total. The molecule has 1 heterocycles. The largest absolute Gasteiger partial charge is 0.399 e. The molecule has 2 rings (SSSR count). The third-order valence-corrected chi connectivity index (χ3v) is 4.63. The van der Waals surface area contributed by atoms with Gasteiger partial charge in [0.1, 0.15) is 4.34 Å². The van der Waals surface area contributed by atoms with Crippen LogP contribution in [0, 0.1) is 0 Å². The van der Waals surface area contributed by atoms with Gasteiger partial charge in [0, 0.05) is 21.7 Å². The van der Waals surface area contributed by atoms with Crippen LogP contribution in [0.3, 0.4) is 0 Å². The first-order valence-electron chi connectivity index (χ1n) is 5.02. The van der Waals surface area contributed by atoms with Gasteiger partial charge < -0.3 is 11.1 Å². The van der Waals surface area contributed by atoms with Gasteiger partial charge in [0.2, 0.25) is 5.91 Å². The molecule has 0 saturated carbocycles. The summed E-state index contributed by atoms with van der Waals surface area (Å²) < 4.78 is 1.66. The fourth-order valence-electron chi connectivity index (χ4n) is 1.23. The van der Waals surface area contributed by atoms with Crippen LogP contribution in [-0.2, 0) is 4.79 Å². The summed E-state index contributed by atoms with van der Waals surface area (Å²) in [6.07, 6.45) is 1.72. The van der Waals surface area contributed by atoms with Gasteiger partial charge in [0.15, 0.2) is 0 Å². The third-order valence-electron chi connectivity index (χ3n) is 2.00. The van der Waals surface area contributed by atoms with E-state index in [1.165, 1.54) is 23.1 Å². The highest BCUT2D eigenvalue weighted by Gasteiger charge is 2.07. The summed E-state index contributed by atoms with van der Waals surface area (Å²) >= 11 is 6.29. The van der Waals surface area contributed by atoms with Crippen LogP contribution < -0.4 is 11.1 Å². The lowest BCUT2D eigenvalue weighted by atomic mass is 10.3. The predicted molar refractivity (Wildman–Crippen MR) is 80.0 cm³/mol. The molecule has 0 atom stereocenters. The molecule has 0 fully saturated rings. The van der Waals surface area contributed by atoms with Gasteiger partial charge in [-0.25, -0.2) is 4.98 Å². The molecule has 0 saturated heterocycles. The summed E-state index contributed by atoms with van der Waals surface area (Å²) in [7, 11) is 0. The zero-order valence-electron chi connectivity index (χ0n) is 9.22. The number of thiazole rings is 1. The van der Waals surface area contributed by atoms with E-state index in [0.717, 1.165) is 8.81 Å². The number of hydrogen-bond donors (Lipinski definition) is 2. The van der Waals surface area contributed by atoms with Gasteiger partial charge in [0.25, 0.3) is 0 Å². The Morgan fingerprint density at radius 2 is 2.39 bits per heavy atom. The molecule has 2 aromatic rings. The van der Waals surface area contributed by atoms with Crippen molar-refractivity contribution >= 4 is 56.3 Å². The lowest BCUT2D eigenvalue weighted by Crippen LogP contribution is -2.14. The Balaban J connectivity index is 1.91. The van der Waals surface area contributed by atoms with Gasteiger partial charge in [0.05, 0.1) is 11.4 Å². The number of hydrogen-bond acceptors (Lipinski definition) is 5. The summed E-state index contributed by atoms with van der Waals surface area (Å²) in [5, 5.41) is 4.70. The average molecular weight is 344 g/mol. The van der Waals surface area contributed by atoms with Crippen molar-refractivity contribution in [1.82, 2.24) is 4.98 Å². The van der Waals surface area contributed by atoms with Crippen LogP contribution in [0.2, 0.25) is 0 Å². The molecule has 1 aromatic carbocycles. The number of carbonyl (C=O) groups is 1. The second kappa shape index (κ2) is 6.21. The van der Waals surface area contributed by atoms with Crippen molar-refractivity contribution in [1.29, 1.82) is 0 Å². The molecule has 0 aliphatic rings. The van der Waals surface area contributed by atoms with E-state index >= 15 is 0 Å². The number of nitrogens with zero attached hydrogens (tertiary/aromatic N) is 1. The maximum absolute atomic E-state index is 11.7. The first-order valence-corrected chi connectivity index (χ1v) is 7.68. The van der Waals surface area contributed by atoms with Crippen LogP contribution in [0.25, 0.3) is 0 Å². The van der Waals surface area contributed by atoms with E-state index in [1.54, 1.807) is 24.4 Å². The van der Waals surface area contributed by atoms with Gasteiger partial charge >= 0.3 is 0 Å². The molecule has 18 heavy (non-hydrogen) atoms. The van der Waals surface area contributed by atoms with Crippen molar-refractivity contribution in [3.05, 3.63) is 34.2 Å². The number of carbonyl (C=O) groups excluding carboxylic acids is 1. The molecule has 0 spiro atoms. The van der Waals surface area contributed by atoms with E-state index in [-0.39, 0.29) is 5.91 Å². The van der Waals surface area contributed by atoms with E-state index in [4.69, 9.17) is 5.73 Å². The maximum Gasteiger partial charge on any atom is 0.234 e. The summed E-state index contributed by atoms with van der Waals surface area (Å²) in [4.78, 5) is 15.8. The van der Waals surface area contributed by atoms with Crippen LogP contribution in [0.4, 0.5) is 11.4 Å². The molecule has 94 valence electrons. The quantitative estimate of drug-likeness (QED) is 0.660. The van der Waals surface area contributed by atoms with Crippen LogP contribution >= 0.6 is 39.0 Å². The number of nitrogen functional groups attached to an aromatic ring is 1. The predicted octanol–water partition coefficient (Wildman–Crippen LogP) is 3.22. The van der Waals surface area contributed by atoms with E-state index in [9.17, 15) is 4.79 Å². The van der Waals surface area contributed by atoms with Gasteiger partial charge in [-0.05, 0) is 34.1 Å². The van der Waals surface area contributed by atoms with Crippen LogP contribution in [0.15, 0.2) is 38.6 Å². The second-order valence-electron chi connectivity index (χ2n) is 3.37. The number of halogens is 1. The molecule has 0 aliphatic carbocycles. The highest BCUT2D eigenvalue weighted by atomic mass is 79.9. The van der Waals surface area contributed by atoms with Crippen molar-refractivity contribution in [3.8, 4) is 0 Å². The van der Waals surface area contributed by atoms with Crippen molar-refractivity contribution in [3.63, 3.8) is 0 Å². The van der Waals surface area contributed by atoms with Crippen molar-refractivity contribution in [2.45, 2.75) is 4.34 Å². The Bertz CT molecular complexity index is 545. The molecule has 0 aliphatic heterocycles. The summed E-state index contributed by atoms with van der Waals surface area (Å²) in [5.41, 5.74) is 6.99. The smallest absolute Gasteiger partial charge is 0.234 e. The summed E-state index contributed by atoms with van der Waals surface area (Å²) in [6, 6.07) is 5.27. The van der Waals surface area contributed by atoms with Gasteiger partial charge in [-0.15, -0.1) is 11.3 Å². The van der Waals surface area contributed by atoms with E-state index in [1.807, 2.05) is 5.38 Å². The van der Waals surface area contributed by atoms with Gasteiger partial charge in [-0.1, -0.05) is 11.8 Å². The minimum absolute atomic E-state index is 0.0688. The van der Waals surface area contributed by atoms with Crippen LogP contribution in [0.5, 0.6) is 0 Å². The first-order chi connectivity index (χ1) is 8.65. The zero-order chi connectivity index (χ0) is 13.0. The minimum atomic E-state index is -0.0688. The first kappa shape index (κ1) is 13.4. The molecule has 0 bridgehead atoms. The molecule has 7 heteroatoms. The number of anilines is 2. The highest BCUT2D eigenvalue weighted by molar-refractivity contribution is 9.10. The van der Waals surface area contributed by atoms with Crippen LogP contribution in [-0.4, -0.2) is 16.6 Å². The molecular formula is C11H10BrN3OS2. The molecule has 0 unspecified atom stereocenters. The Morgan fingerprint density at radius 1 is 1.56 bits per heavy atom. The summed E-state index contributed by atoms with van der Waals surface area (Å²) in [5.74, 6) is 0.269. The number of nitrogens with two attached hydrogens (primary N) is 1. The molecule has 1 aromatic heterocycles. The fourth-order valence-corrected chi connectivity index (χ4v) is 3.16. The van der Waals surface area contributed by atoms with Crippen molar-refractivity contribution < 1.29 is 4.79 Å². The molecule has 3 N–H and O–H groups in total. The van der Waals surface area contributed by atoms with Gasteiger partial charge in [-0.2, -0.15) is 0 Å². The third kappa shape index (κ3) is 3.72. The Kier molecular flexibility index (Phi) is 4.62. The Labute approximate surface area is 121 Å². The lowest BCUT2D eigenvalue weighted by Gasteiger charge is -2.07. The Morgan fingerprint density at radius 3 is 3.06 bits per heavy atom. The normalized spacial score (nSPS) is 10.3. The summed E-state index contributed by atoms with van der Waals surface area (Å²) in [6.45, 7) is 0. The highest BCUT2D eigenvalue weighted by Crippen LogP contribution is 2.25. The monoisotopic (exact) mass is 343 g/mol. The minimum Gasteiger partial charge on any atom is -0.399 e. The number of aromatic nitrogens is 1. The average Bonchev–Trinajstić information content (AvgIpc) is 2.83. The fraction of sp³-hybridized carbons (Fsp3) is 0.0909.